The van der Waals surface area contributed by atoms with Gasteiger partial charge < -0.3 is 14.7 Å². The van der Waals surface area contributed by atoms with Crippen molar-refractivity contribution in [1.82, 2.24) is 0 Å². The molecule has 0 fully saturated rings. The van der Waals surface area contributed by atoms with Crippen LogP contribution in [0.5, 0.6) is 11.5 Å². The van der Waals surface area contributed by atoms with Crippen LogP contribution in [-0.4, -0.2) is 18.1 Å². The molecule has 0 bridgehead atoms. The van der Waals surface area contributed by atoms with Gasteiger partial charge in [0, 0.05) is 17.2 Å². The van der Waals surface area contributed by atoms with Crippen molar-refractivity contribution < 1.29 is 14.6 Å². The molecule has 5 rings (SSSR count). The second kappa shape index (κ2) is 6.91. The second-order valence-corrected chi connectivity index (χ2v) is 8.22. The zero-order valence-electron chi connectivity index (χ0n) is 17.4. The molecule has 0 aromatic heterocycles. The third-order valence-corrected chi connectivity index (χ3v) is 6.69. The minimum Gasteiger partial charge on any atom is -0.504 e. The summed E-state index contributed by atoms with van der Waals surface area (Å²) in [7, 11) is 1.57. The lowest BCUT2D eigenvalue weighted by atomic mass is 9.72. The fraction of sp³-hybridized carbons (Fsp3) is 0.269. The van der Waals surface area contributed by atoms with E-state index >= 15 is 0 Å². The number of aromatic hydroxyl groups is 1. The van der Waals surface area contributed by atoms with Gasteiger partial charge in [-0.2, -0.15) is 0 Å². The first-order chi connectivity index (χ1) is 14.5. The molecule has 3 aromatic carbocycles. The average molecular weight is 399 g/mol. The molecule has 0 radical (unpaired) electrons. The average Bonchev–Trinajstić information content (AvgIpc) is 3.08. The van der Waals surface area contributed by atoms with E-state index in [0.29, 0.717) is 5.75 Å². The maximum absolute atomic E-state index is 13.4. The minimum atomic E-state index is -0.0153. The topological polar surface area (TPSA) is 49.8 Å². The van der Waals surface area contributed by atoms with Gasteiger partial charge in [0.15, 0.2) is 11.5 Å². The number of methoxy groups -OCH3 is 1. The number of phenolic OH excluding ortho intramolecular Hbond substituents is 1. The van der Waals surface area contributed by atoms with Crippen LogP contribution in [0.2, 0.25) is 0 Å². The number of amides is 1. The number of fused-ring (bicyclic) bond motifs is 5. The quantitative estimate of drug-likeness (QED) is 0.637. The lowest BCUT2D eigenvalue weighted by Gasteiger charge is -2.42. The van der Waals surface area contributed by atoms with Crippen molar-refractivity contribution in [3.63, 3.8) is 0 Å². The van der Waals surface area contributed by atoms with E-state index in [-0.39, 0.29) is 29.5 Å². The smallest absolute Gasteiger partial charge is 0.259 e. The Morgan fingerprint density at radius 2 is 1.83 bits per heavy atom. The number of carbonyl (C=O) groups excluding carboxylic acids is 1. The zero-order chi connectivity index (χ0) is 21.0. The molecule has 0 saturated carbocycles. The molecule has 1 N–H and O–H groups in total. The predicted octanol–water partition coefficient (Wildman–Crippen LogP) is 5.45. The summed E-state index contributed by atoms with van der Waals surface area (Å²) >= 11 is 0. The second-order valence-electron chi connectivity index (χ2n) is 8.22. The standard InChI is InChI=1S/C26H25NO3/c1-4-16-9-11-21-20(13-16)24(17-10-12-22(28)23(14-17)30-3)15(2)25-18-7-5-6-8-19(18)26(29)27(21)25/h5-15,24-25,28H,4H2,1-3H3. The van der Waals surface area contributed by atoms with Crippen molar-refractivity contribution >= 4 is 11.6 Å². The fourth-order valence-corrected chi connectivity index (χ4v) is 5.25. The van der Waals surface area contributed by atoms with E-state index in [1.165, 1.54) is 5.56 Å². The number of hydrogen-bond acceptors (Lipinski definition) is 3. The molecular formula is C26H25NO3. The van der Waals surface area contributed by atoms with Gasteiger partial charge in [0.2, 0.25) is 0 Å². The van der Waals surface area contributed by atoms with Gasteiger partial charge in [0.05, 0.1) is 13.2 Å². The molecular weight excluding hydrogens is 374 g/mol. The Hall–Kier alpha value is -3.27. The Labute approximate surface area is 176 Å². The van der Waals surface area contributed by atoms with Crippen LogP contribution in [0.15, 0.2) is 60.7 Å². The van der Waals surface area contributed by atoms with Crippen molar-refractivity contribution in [2.24, 2.45) is 5.92 Å². The van der Waals surface area contributed by atoms with Gasteiger partial charge in [-0.25, -0.2) is 0 Å². The summed E-state index contributed by atoms with van der Waals surface area (Å²) in [5.41, 5.74) is 6.36. The Balaban J connectivity index is 1.75. The normalized spacial score (nSPS) is 21.8. The van der Waals surface area contributed by atoms with E-state index < -0.39 is 0 Å². The SMILES string of the molecule is CCc1ccc2c(c1)C(c1ccc(O)c(OC)c1)C(C)C1c3ccccc3C(=O)N21. The van der Waals surface area contributed by atoms with Gasteiger partial charge in [-0.1, -0.05) is 50.2 Å². The lowest BCUT2D eigenvalue weighted by Crippen LogP contribution is -2.39. The van der Waals surface area contributed by atoms with Crippen molar-refractivity contribution in [1.29, 1.82) is 0 Å². The zero-order valence-corrected chi connectivity index (χ0v) is 17.4. The van der Waals surface area contributed by atoms with Gasteiger partial charge in [-0.3, -0.25) is 4.79 Å². The molecule has 4 heteroatoms. The molecule has 2 aliphatic rings. The number of nitrogens with zero attached hydrogens (tertiary/aromatic N) is 1. The number of ether oxygens (including phenoxy) is 1. The first kappa shape index (κ1) is 18.7. The van der Waals surface area contributed by atoms with Gasteiger partial charge in [0.25, 0.3) is 5.91 Å². The van der Waals surface area contributed by atoms with Crippen LogP contribution < -0.4 is 9.64 Å². The first-order valence-corrected chi connectivity index (χ1v) is 10.5. The van der Waals surface area contributed by atoms with E-state index in [1.54, 1.807) is 13.2 Å². The summed E-state index contributed by atoms with van der Waals surface area (Å²) in [4.78, 5) is 15.3. The number of anilines is 1. The lowest BCUT2D eigenvalue weighted by molar-refractivity contribution is 0.0981. The Morgan fingerprint density at radius 3 is 2.60 bits per heavy atom. The van der Waals surface area contributed by atoms with Crippen LogP contribution in [0.4, 0.5) is 5.69 Å². The summed E-state index contributed by atoms with van der Waals surface area (Å²) < 4.78 is 5.39. The Bertz CT molecular complexity index is 1150. The highest BCUT2D eigenvalue weighted by atomic mass is 16.5. The third kappa shape index (κ3) is 2.56. The molecule has 1 amide bonds. The molecule has 3 unspecified atom stereocenters. The van der Waals surface area contributed by atoms with E-state index in [4.69, 9.17) is 4.74 Å². The molecule has 2 aliphatic heterocycles. The maximum Gasteiger partial charge on any atom is 0.259 e. The van der Waals surface area contributed by atoms with Crippen LogP contribution in [0, 0.1) is 5.92 Å². The molecule has 0 saturated heterocycles. The van der Waals surface area contributed by atoms with Crippen molar-refractivity contribution in [3.05, 3.63) is 88.5 Å². The molecule has 3 atom stereocenters. The molecule has 152 valence electrons. The molecule has 30 heavy (non-hydrogen) atoms. The number of rotatable bonds is 3. The van der Waals surface area contributed by atoms with Gasteiger partial charge in [-0.15, -0.1) is 0 Å². The minimum absolute atomic E-state index is 0.0153. The van der Waals surface area contributed by atoms with Crippen LogP contribution in [0.1, 0.15) is 58.4 Å². The summed E-state index contributed by atoms with van der Waals surface area (Å²) in [5.74, 6) is 0.927. The highest BCUT2D eigenvalue weighted by molar-refractivity contribution is 6.12. The number of aryl methyl sites for hydroxylation is 1. The van der Waals surface area contributed by atoms with Crippen LogP contribution in [0.25, 0.3) is 0 Å². The van der Waals surface area contributed by atoms with Crippen molar-refractivity contribution in [2.45, 2.75) is 32.2 Å². The third-order valence-electron chi connectivity index (χ3n) is 6.69. The van der Waals surface area contributed by atoms with E-state index in [1.807, 2.05) is 35.2 Å². The number of phenols is 1. The largest absolute Gasteiger partial charge is 0.504 e. The van der Waals surface area contributed by atoms with E-state index in [2.05, 4.69) is 38.1 Å². The van der Waals surface area contributed by atoms with Gasteiger partial charge in [0.1, 0.15) is 0 Å². The van der Waals surface area contributed by atoms with E-state index in [0.717, 1.165) is 34.4 Å². The van der Waals surface area contributed by atoms with Crippen molar-refractivity contribution in [2.75, 3.05) is 12.0 Å². The van der Waals surface area contributed by atoms with Crippen LogP contribution in [-0.2, 0) is 6.42 Å². The molecule has 3 aromatic rings. The summed E-state index contributed by atoms with van der Waals surface area (Å²) in [6.45, 7) is 4.37. The van der Waals surface area contributed by atoms with E-state index in [9.17, 15) is 9.90 Å². The van der Waals surface area contributed by atoms with Gasteiger partial charge >= 0.3 is 0 Å². The van der Waals surface area contributed by atoms with Crippen LogP contribution in [0.3, 0.4) is 0 Å². The first-order valence-electron chi connectivity index (χ1n) is 10.5. The fourth-order valence-electron chi connectivity index (χ4n) is 5.25. The summed E-state index contributed by atoms with van der Waals surface area (Å²) in [6.07, 6.45) is 0.935. The number of carbonyl (C=O) groups is 1. The summed E-state index contributed by atoms with van der Waals surface area (Å²) in [5, 5.41) is 10.1. The Kier molecular flexibility index (Phi) is 4.31. The Morgan fingerprint density at radius 1 is 1.03 bits per heavy atom. The highest BCUT2D eigenvalue weighted by Crippen LogP contribution is 2.55. The number of benzene rings is 3. The van der Waals surface area contributed by atoms with Gasteiger partial charge in [-0.05, 0) is 58.9 Å². The van der Waals surface area contributed by atoms with Crippen molar-refractivity contribution in [3.8, 4) is 11.5 Å². The molecule has 0 aliphatic carbocycles. The predicted molar refractivity (Wildman–Crippen MR) is 117 cm³/mol. The number of hydrogen-bond donors (Lipinski definition) is 1. The maximum atomic E-state index is 13.4. The monoisotopic (exact) mass is 399 g/mol. The summed E-state index contributed by atoms with van der Waals surface area (Å²) in [6, 6.07) is 20.0. The molecule has 4 nitrogen and oxygen atoms in total. The highest BCUT2D eigenvalue weighted by Gasteiger charge is 2.48. The molecule has 0 spiro atoms. The van der Waals surface area contributed by atoms with Crippen LogP contribution >= 0.6 is 0 Å². The molecule has 2 heterocycles.